The summed E-state index contributed by atoms with van der Waals surface area (Å²) in [4.78, 5) is 13.3. The molecular weight excluding hydrogens is 370 g/mol. The van der Waals surface area contributed by atoms with Crippen LogP contribution in [0.1, 0.15) is 58.8 Å². The molecule has 1 fully saturated rings. The molecule has 2 N–H and O–H groups in total. The Bertz CT molecular complexity index is 570. The van der Waals surface area contributed by atoms with Gasteiger partial charge in [-0.05, 0) is 56.6 Å². The number of carbonyl (C=O) groups is 1. The maximum Gasteiger partial charge on any atom is 0.232 e. The van der Waals surface area contributed by atoms with E-state index in [1.165, 1.54) is 5.57 Å². The first-order chi connectivity index (χ1) is 13.2. The van der Waals surface area contributed by atoms with Gasteiger partial charge in [0, 0.05) is 20.0 Å². The molecule has 0 saturated heterocycles. The lowest BCUT2D eigenvalue weighted by Crippen LogP contribution is -2.23. The lowest BCUT2D eigenvalue weighted by molar-refractivity contribution is -0.125. The Morgan fingerprint density at radius 1 is 1.43 bits per heavy atom. The van der Waals surface area contributed by atoms with Crippen molar-refractivity contribution < 1.29 is 15.0 Å². The van der Waals surface area contributed by atoms with E-state index in [1.54, 1.807) is 30.8 Å². The number of thioether (sulfide) groups is 1. The SMILES string of the molecule is CCCC[C@](C)(O)C/C=C/[C@@H]1[C@H]2CC(CCSCC(=O)N(C)C)=C[C@H]2C[C@H]1O. The lowest BCUT2D eigenvalue weighted by Gasteiger charge is -2.22. The smallest absolute Gasteiger partial charge is 0.232 e. The molecule has 0 unspecified atom stereocenters. The van der Waals surface area contributed by atoms with Gasteiger partial charge >= 0.3 is 0 Å². The minimum atomic E-state index is -0.643. The summed E-state index contributed by atoms with van der Waals surface area (Å²) < 4.78 is 0. The molecule has 4 nitrogen and oxygen atoms in total. The Hall–Kier alpha value is -0.780. The van der Waals surface area contributed by atoms with Gasteiger partial charge in [0.05, 0.1) is 17.5 Å². The van der Waals surface area contributed by atoms with Crippen LogP contribution in [-0.4, -0.2) is 58.3 Å². The second kappa shape index (κ2) is 10.8. The van der Waals surface area contributed by atoms with Crippen molar-refractivity contribution in [1.82, 2.24) is 4.90 Å². The highest BCUT2D eigenvalue weighted by molar-refractivity contribution is 7.99. The molecule has 5 heteroatoms. The average molecular weight is 410 g/mol. The Morgan fingerprint density at radius 3 is 2.86 bits per heavy atom. The number of hydrogen-bond acceptors (Lipinski definition) is 4. The third-order valence-electron chi connectivity index (χ3n) is 6.23. The van der Waals surface area contributed by atoms with Crippen LogP contribution < -0.4 is 0 Å². The van der Waals surface area contributed by atoms with E-state index in [0.29, 0.717) is 24.0 Å². The molecule has 0 aromatic carbocycles. The quantitative estimate of drug-likeness (QED) is 0.400. The Balaban J connectivity index is 1.78. The van der Waals surface area contributed by atoms with Gasteiger partial charge < -0.3 is 15.1 Å². The van der Waals surface area contributed by atoms with Crippen molar-refractivity contribution in [2.75, 3.05) is 25.6 Å². The molecule has 0 aromatic rings. The fourth-order valence-electron chi connectivity index (χ4n) is 4.42. The summed E-state index contributed by atoms with van der Waals surface area (Å²) in [5.41, 5.74) is 0.843. The van der Waals surface area contributed by atoms with Crippen molar-refractivity contribution in [1.29, 1.82) is 0 Å². The molecule has 0 heterocycles. The average Bonchev–Trinajstić information content (AvgIpc) is 3.14. The van der Waals surface area contributed by atoms with Crippen LogP contribution in [0.15, 0.2) is 23.8 Å². The lowest BCUT2D eigenvalue weighted by atomic mass is 9.88. The summed E-state index contributed by atoms with van der Waals surface area (Å²) in [6, 6.07) is 0. The number of aliphatic hydroxyl groups excluding tert-OH is 1. The van der Waals surface area contributed by atoms with Crippen LogP contribution in [0.25, 0.3) is 0 Å². The third-order valence-corrected chi connectivity index (χ3v) is 7.17. The van der Waals surface area contributed by atoms with Crippen LogP contribution in [0.2, 0.25) is 0 Å². The maximum atomic E-state index is 11.6. The van der Waals surface area contributed by atoms with Gasteiger partial charge in [-0.3, -0.25) is 4.79 Å². The zero-order valence-electron chi connectivity index (χ0n) is 18.1. The van der Waals surface area contributed by atoms with Crippen LogP contribution in [-0.2, 0) is 4.79 Å². The van der Waals surface area contributed by atoms with Crippen molar-refractivity contribution in [2.45, 2.75) is 70.5 Å². The highest BCUT2D eigenvalue weighted by atomic mass is 32.2. The van der Waals surface area contributed by atoms with Crippen LogP contribution in [0.3, 0.4) is 0 Å². The number of amides is 1. The Kier molecular flexibility index (Phi) is 9.10. The van der Waals surface area contributed by atoms with Crippen molar-refractivity contribution >= 4 is 17.7 Å². The Labute approximate surface area is 175 Å². The Morgan fingerprint density at radius 2 is 2.18 bits per heavy atom. The van der Waals surface area contributed by atoms with Gasteiger partial charge in [-0.15, -0.1) is 0 Å². The van der Waals surface area contributed by atoms with Gasteiger partial charge in [-0.2, -0.15) is 11.8 Å². The van der Waals surface area contributed by atoms with E-state index in [1.807, 2.05) is 6.92 Å². The third kappa shape index (κ3) is 6.93. The zero-order valence-corrected chi connectivity index (χ0v) is 18.9. The first-order valence-electron chi connectivity index (χ1n) is 10.8. The van der Waals surface area contributed by atoms with Crippen molar-refractivity contribution in [3.8, 4) is 0 Å². The molecule has 160 valence electrons. The number of hydrogen-bond donors (Lipinski definition) is 2. The minimum absolute atomic E-state index is 0.172. The molecule has 1 saturated carbocycles. The molecule has 2 aliphatic carbocycles. The van der Waals surface area contributed by atoms with Crippen LogP contribution in [0.4, 0.5) is 0 Å². The fourth-order valence-corrected chi connectivity index (χ4v) is 5.40. The summed E-state index contributed by atoms with van der Waals surface area (Å²) >= 11 is 1.71. The summed E-state index contributed by atoms with van der Waals surface area (Å²) in [5, 5.41) is 20.9. The van der Waals surface area contributed by atoms with Crippen molar-refractivity contribution in [2.24, 2.45) is 17.8 Å². The molecule has 0 bridgehead atoms. The standard InChI is InChI=1S/C23H39NO3S/c1-5-6-10-23(2,27)11-7-8-19-20-14-17(13-18(20)15-21(19)25)9-12-28-16-22(26)24(3)4/h7-8,13,18-21,25,27H,5-6,9-12,14-16H2,1-4H3/b8-7+/t18-,19+,20-,21+,23-/m0/s1. The molecule has 1 amide bonds. The van der Waals surface area contributed by atoms with E-state index in [9.17, 15) is 15.0 Å². The first-order valence-corrected chi connectivity index (χ1v) is 11.9. The van der Waals surface area contributed by atoms with E-state index in [-0.39, 0.29) is 17.9 Å². The number of carbonyl (C=O) groups excluding carboxylic acids is 1. The number of fused-ring (bicyclic) bond motifs is 1. The van der Waals surface area contributed by atoms with Crippen molar-refractivity contribution in [3.63, 3.8) is 0 Å². The number of unbranched alkanes of at least 4 members (excludes halogenated alkanes) is 1. The van der Waals surface area contributed by atoms with Gasteiger partial charge in [0.1, 0.15) is 0 Å². The molecule has 0 radical (unpaired) electrons. The number of rotatable bonds is 11. The van der Waals surface area contributed by atoms with Gasteiger partial charge in [0.25, 0.3) is 0 Å². The molecule has 5 atom stereocenters. The van der Waals surface area contributed by atoms with Crippen molar-refractivity contribution in [3.05, 3.63) is 23.8 Å². The maximum absolute atomic E-state index is 11.6. The van der Waals surface area contributed by atoms with Crippen LogP contribution in [0.5, 0.6) is 0 Å². The van der Waals surface area contributed by atoms with Crippen LogP contribution >= 0.6 is 11.8 Å². The number of nitrogens with zero attached hydrogens (tertiary/aromatic N) is 1. The largest absolute Gasteiger partial charge is 0.392 e. The molecule has 2 aliphatic rings. The monoisotopic (exact) mass is 409 g/mol. The predicted molar refractivity (Wildman–Crippen MR) is 118 cm³/mol. The molecule has 0 spiro atoms. The predicted octanol–water partition coefficient (Wildman–Crippen LogP) is 4.03. The van der Waals surface area contributed by atoms with Gasteiger partial charge in [-0.1, -0.05) is 43.6 Å². The normalized spacial score (nSPS) is 29.0. The van der Waals surface area contributed by atoms with E-state index < -0.39 is 5.60 Å². The number of aliphatic hydroxyl groups is 2. The molecule has 2 rings (SSSR count). The molecular formula is C23H39NO3S. The van der Waals surface area contributed by atoms with Gasteiger partial charge in [-0.25, -0.2) is 0 Å². The number of allylic oxidation sites excluding steroid dienone is 2. The molecule has 0 aromatic heterocycles. The summed E-state index contributed by atoms with van der Waals surface area (Å²) in [7, 11) is 3.59. The summed E-state index contributed by atoms with van der Waals surface area (Å²) in [5.74, 6) is 2.88. The zero-order chi connectivity index (χ0) is 20.7. The first kappa shape index (κ1) is 23.5. The van der Waals surface area contributed by atoms with E-state index in [2.05, 4.69) is 25.2 Å². The van der Waals surface area contributed by atoms with E-state index in [0.717, 1.165) is 44.3 Å². The second-order valence-electron chi connectivity index (χ2n) is 9.06. The highest BCUT2D eigenvalue weighted by Gasteiger charge is 2.43. The van der Waals surface area contributed by atoms with E-state index in [4.69, 9.17) is 0 Å². The van der Waals surface area contributed by atoms with Crippen LogP contribution in [0, 0.1) is 17.8 Å². The molecule has 0 aliphatic heterocycles. The second-order valence-corrected chi connectivity index (χ2v) is 10.2. The minimum Gasteiger partial charge on any atom is -0.392 e. The van der Waals surface area contributed by atoms with Gasteiger partial charge in [0.15, 0.2) is 0 Å². The fraction of sp³-hybridized carbons (Fsp3) is 0.783. The summed E-state index contributed by atoms with van der Waals surface area (Å²) in [6.45, 7) is 4.05. The van der Waals surface area contributed by atoms with E-state index >= 15 is 0 Å². The summed E-state index contributed by atoms with van der Waals surface area (Å²) in [6.07, 6.45) is 12.9. The highest BCUT2D eigenvalue weighted by Crippen LogP contribution is 2.48. The topological polar surface area (TPSA) is 60.8 Å². The molecule has 28 heavy (non-hydrogen) atoms. The van der Waals surface area contributed by atoms with Gasteiger partial charge in [0.2, 0.25) is 5.91 Å².